The average Bonchev–Trinajstić information content (AvgIpc) is 2.58. The van der Waals surface area contributed by atoms with Gasteiger partial charge in [-0.25, -0.2) is 0 Å². The largest absolute Gasteiger partial charge is 0.359 e. The van der Waals surface area contributed by atoms with Crippen LogP contribution in [-0.2, 0) is 0 Å². The van der Waals surface area contributed by atoms with Gasteiger partial charge in [0.1, 0.15) is 0 Å². The summed E-state index contributed by atoms with van der Waals surface area (Å²) in [5.74, 6) is 0.0156. The molecule has 0 aromatic carbocycles. The number of aliphatic hydroxyl groups is 1. The van der Waals surface area contributed by atoms with Crippen LogP contribution in [0.2, 0.25) is 0 Å². The maximum Gasteiger partial charge on any atom is 0.162 e. The third-order valence-electron chi connectivity index (χ3n) is 7.27. The molecule has 128 valence electrons. The van der Waals surface area contributed by atoms with Crippen LogP contribution in [-0.4, -0.2) is 27.9 Å². The molecular formula is C20H38OP+. The Morgan fingerprint density at radius 1 is 0.591 bits per heavy atom. The third-order valence-corrected chi connectivity index (χ3v) is 13.9. The van der Waals surface area contributed by atoms with Crippen LogP contribution in [0, 0.1) is 0 Å². The first-order valence-corrected chi connectivity index (χ1v) is 12.4. The molecule has 3 aliphatic rings. The van der Waals surface area contributed by atoms with E-state index in [4.69, 9.17) is 0 Å². The number of rotatable bonds is 4. The second-order valence-corrected chi connectivity index (χ2v) is 13.1. The Morgan fingerprint density at radius 2 is 0.864 bits per heavy atom. The fraction of sp³-hybridized carbons (Fsp3) is 1.00. The fourth-order valence-electron chi connectivity index (χ4n) is 6.39. The van der Waals surface area contributed by atoms with Gasteiger partial charge in [0.25, 0.3) is 0 Å². The van der Waals surface area contributed by atoms with Crippen LogP contribution >= 0.6 is 7.26 Å². The molecule has 0 spiro atoms. The predicted octanol–water partition coefficient (Wildman–Crippen LogP) is 6.34. The van der Waals surface area contributed by atoms with Gasteiger partial charge in [-0.1, -0.05) is 19.3 Å². The average molecular weight is 325 g/mol. The first-order valence-electron chi connectivity index (χ1n) is 10.3. The van der Waals surface area contributed by atoms with Crippen molar-refractivity contribution < 1.29 is 5.11 Å². The Bertz CT molecular complexity index is 277. The summed E-state index contributed by atoms with van der Waals surface area (Å²) in [7, 11) is -1.24. The Hall–Kier alpha value is 0.390. The normalized spacial score (nSPS) is 28.6. The minimum absolute atomic E-state index is 0.0156. The molecule has 2 heteroatoms. The highest BCUT2D eigenvalue weighted by molar-refractivity contribution is 7.78. The van der Waals surface area contributed by atoms with E-state index in [9.17, 15) is 5.11 Å². The van der Waals surface area contributed by atoms with Gasteiger partial charge in [-0.05, 0) is 84.0 Å². The topological polar surface area (TPSA) is 20.2 Å². The minimum atomic E-state index is -1.24. The third kappa shape index (κ3) is 3.27. The van der Waals surface area contributed by atoms with Crippen LogP contribution in [0.4, 0.5) is 0 Å². The van der Waals surface area contributed by atoms with Crippen LogP contribution in [0.3, 0.4) is 0 Å². The van der Waals surface area contributed by atoms with Gasteiger partial charge < -0.3 is 5.11 Å². The molecule has 0 amide bonds. The monoisotopic (exact) mass is 325 g/mol. The molecule has 3 saturated carbocycles. The highest BCUT2D eigenvalue weighted by Gasteiger charge is 2.60. The van der Waals surface area contributed by atoms with E-state index in [-0.39, 0.29) is 5.85 Å². The molecule has 0 aromatic rings. The first-order chi connectivity index (χ1) is 10.8. The molecule has 1 N–H and O–H groups in total. The van der Waals surface area contributed by atoms with Crippen LogP contribution < -0.4 is 0 Å². The second-order valence-electron chi connectivity index (χ2n) is 8.40. The summed E-state index contributed by atoms with van der Waals surface area (Å²) < 4.78 is 0. The molecule has 0 radical (unpaired) electrons. The molecular weight excluding hydrogens is 287 g/mol. The van der Waals surface area contributed by atoms with Crippen molar-refractivity contribution in [3.8, 4) is 0 Å². The predicted molar refractivity (Wildman–Crippen MR) is 99.2 cm³/mol. The summed E-state index contributed by atoms with van der Waals surface area (Å²) in [5, 5.41) is 11.2. The molecule has 1 atom stereocenters. The van der Waals surface area contributed by atoms with E-state index in [1.54, 1.807) is 0 Å². The molecule has 0 aliphatic heterocycles. The Labute approximate surface area is 139 Å². The molecule has 22 heavy (non-hydrogen) atoms. The molecule has 0 heterocycles. The lowest BCUT2D eigenvalue weighted by molar-refractivity contribution is 0.261. The first kappa shape index (κ1) is 17.2. The SMILES string of the molecule is CC(O)[P+](C1CCCCC1)(C1CCCCC1)C1CCCCC1. The van der Waals surface area contributed by atoms with Gasteiger partial charge >= 0.3 is 0 Å². The van der Waals surface area contributed by atoms with Crippen molar-refractivity contribution in [2.75, 3.05) is 0 Å². The maximum absolute atomic E-state index is 11.2. The molecule has 1 nitrogen and oxygen atoms in total. The summed E-state index contributed by atoms with van der Waals surface area (Å²) in [5.41, 5.74) is 2.77. The molecule has 0 saturated heterocycles. The van der Waals surface area contributed by atoms with E-state index in [2.05, 4.69) is 6.92 Å². The van der Waals surface area contributed by atoms with Gasteiger partial charge in [0.05, 0.1) is 24.2 Å². The zero-order chi connectivity index (χ0) is 15.4. The summed E-state index contributed by atoms with van der Waals surface area (Å²) in [6.45, 7) is 2.21. The minimum Gasteiger partial charge on any atom is -0.359 e. The lowest BCUT2D eigenvalue weighted by Crippen LogP contribution is -2.40. The van der Waals surface area contributed by atoms with Crippen molar-refractivity contribution in [3.05, 3.63) is 0 Å². The molecule has 0 aromatic heterocycles. The van der Waals surface area contributed by atoms with Crippen molar-refractivity contribution in [1.82, 2.24) is 0 Å². The zero-order valence-electron chi connectivity index (χ0n) is 14.8. The van der Waals surface area contributed by atoms with Crippen LogP contribution in [0.5, 0.6) is 0 Å². The van der Waals surface area contributed by atoms with E-state index < -0.39 is 7.26 Å². The van der Waals surface area contributed by atoms with Gasteiger partial charge in [0.2, 0.25) is 0 Å². The lowest BCUT2D eigenvalue weighted by atomic mass is 9.99. The summed E-state index contributed by atoms with van der Waals surface area (Å²) in [6, 6.07) is 0. The number of hydrogen-bond donors (Lipinski definition) is 1. The van der Waals surface area contributed by atoms with Crippen molar-refractivity contribution in [2.45, 2.75) is 126 Å². The molecule has 3 aliphatic carbocycles. The van der Waals surface area contributed by atoms with Crippen molar-refractivity contribution >= 4 is 7.26 Å². The van der Waals surface area contributed by atoms with E-state index >= 15 is 0 Å². The molecule has 0 bridgehead atoms. The van der Waals surface area contributed by atoms with Gasteiger partial charge in [0, 0.05) is 0 Å². The van der Waals surface area contributed by atoms with Gasteiger partial charge in [-0.2, -0.15) is 0 Å². The molecule has 3 rings (SSSR count). The highest BCUT2D eigenvalue weighted by atomic mass is 31.2. The lowest BCUT2D eigenvalue weighted by Gasteiger charge is -2.50. The number of hydrogen-bond acceptors (Lipinski definition) is 1. The smallest absolute Gasteiger partial charge is 0.162 e. The maximum atomic E-state index is 11.2. The van der Waals surface area contributed by atoms with Crippen molar-refractivity contribution in [3.63, 3.8) is 0 Å². The van der Waals surface area contributed by atoms with Gasteiger partial charge in [-0.3, -0.25) is 0 Å². The Kier molecular flexibility index (Phi) is 6.24. The zero-order valence-corrected chi connectivity index (χ0v) is 15.7. The van der Waals surface area contributed by atoms with Crippen LogP contribution in [0.15, 0.2) is 0 Å². The molecule has 1 unspecified atom stereocenters. The van der Waals surface area contributed by atoms with E-state index in [0.717, 1.165) is 17.0 Å². The Balaban J connectivity index is 1.92. The van der Waals surface area contributed by atoms with Gasteiger partial charge in [-0.15, -0.1) is 0 Å². The summed E-state index contributed by atoms with van der Waals surface area (Å²) >= 11 is 0. The standard InChI is InChI=1S/C20H38OP/c1-17(21)22(18-11-5-2-6-12-18,19-13-7-3-8-14-19)20-15-9-4-10-16-20/h17-21H,2-16H2,1H3/q+1. The summed E-state index contributed by atoms with van der Waals surface area (Å²) in [4.78, 5) is 0. The second kappa shape index (κ2) is 7.98. The fourth-order valence-corrected chi connectivity index (χ4v) is 13.8. The highest BCUT2D eigenvalue weighted by Crippen LogP contribution is 2.79. The number of aliphatic hydroxyl groups excluding tert-OH is 1. The quantitative estimate of drug-likeness (QED) is 0.598. The van der Waals surface area contributed by atoms with E-state index in [1.165, 1.54) is 96.3 Å². The van der Waals surface area contributed by atoms with E-state index in [0.29, 0.717) is 0 Å². The van der Waals surface area contributed by atoms with Crippen molar-refractivity contribution in [2.24, 2.45) is 0 Å². The Morgan fingerprint density at radius 3 is 1.09 bits per heavy atom. The molecule has 3 fully saturated rings. The van der Waals surface area contributed by atoms with Gasteiger partial charge in [0.15, 0.2) is 5.85 Å². The summed E-state index contributed by atoms with van der Waals surface area (Å²) in [6.07, 6.45) is 21.7. The van der Waals surface area contributed by atoms with Crippen LogP contribution in [0.25, 0.3) is 0 Å². The van der Waals surface area contributed by atoms with E-state index in [1.807, 2.05) is 0 Å². The van der Waals surface area contributed by atoms with Crippen molar-refractivity contribution in [1.29, 1.82) is 0 Å². The van der Waals surface area contributed by atoms with Crippen LogP contribution in [0.1, 0.15) is 103 Å².